The molecular formula is C13H21N3O3. The summed E-state index contributed by atoms with van der Waals surface area (Å²) in [6.07, 6.45) is 1.90. The monoisotopic (exact) mass is 267 g/mol. The van der Waals surface area contributed by atoms with Gasteiger partial charge in [0, 0.05) is 38.6 Å². The Morgan fingerprint density at radius 2 is 1.79 bits per heavy atom. The fourth-order valence-electron chi connectivity index (χ4n) is 2.83. The Morgan fingerprint density at radius 1 is 1.21 bits per heavy atom. The standard InChI is InChI=1S/C13H21N3O3/c1-10(19-3)11(17)16-8-13(9-16)4-6-15(7-5-13)12(18)14-2/h1,4-9H2,2-3H3,(H,14,18). The highest BCUT2D eigenvalue weighted by atomic mass is 16.5. The van der Waals surface area contributed by atoms with Gasteiger partial charge in [-0.15, -0.1) is 0 Å². The number of carbonyl (C=O) groups excluding carboxylic acids is 2. The maximum absolute atomic E-state index is 11.8. The van der Waals surface area contributed by atoms with Gasteiger partial charge in [-0.05, 0) is 12.8 Å². The van der Waals surface area contributed by atoms with Gasteiger partial charge in [-0.3, -0.25) is 4.79 Å². The average molecular weight is 267 g/mol. The van der Waals surface area contributed by atoms with E-state index in [2.05, 4.69) is 11.9 Å². The maximum Gasteiger partial charge on any atom is 0.317 e. The summed E-state index contributed by atoms with van der Waals surface area (Å²) in [5.41, 5.74) is 0.189. The topological polar surface area (TPSA) is 61.9 Å². The lowest BCUT2D eigenvalue weighted by Gasteiger charge is -2.53. The molecule has 0 bridgehead atoms. The first-order chi connectivity index (χ1) is 9.01. The number of carbonyl (C=O) groups is 2. The summed E-state index contributed by atoms with van der Waals surface area (Å²) < 4.78 is 4.86. The number of piperidine rings is 1. The molecule has 1 spiro atoms. The van der Waals surface area contributed by atoms with E-state index in [1.165, 1.54) is 7.11 Å². The van der Waals surface area contributed by atoms with E-state index in [1.807, 2.05) is 4.90 Å². The molecule has 106 valence electrons. The molecule has 0 aromatic rings. The third-order valence-electron chi connectivity index (χ3n) is 4.15. The van der Waals surface area contributed by atoms with Crippen molar-refractivity contribution in [2.45, 2.75) is 12.8 Å². The van der Waals surface area contributed by atoms with Gasteiger partial charge in [0.05, 0.1) is 7.11 Å². The summed E-state index contributed by atoms with van der Waals surface area (Å²) >= 11 is 0. The van der Waals surface area contributed by atoms with Crippen molar-refractivity contribution in [3.63, 3.8) is 0 Å². The molecular weight excluding hydrogens is 246 g/mol. The van der Waals surface area contributed by atoms with Gasteiger partial charge in [0.2, 0.25) is 0 Å². The average Bonchev–Trinajstić information content (AvgIpc) is 2.42. The van der Waals surface area contributed by atoms with Gasteiger partial charge in [0.15, 0.2) is 5.76 Å². The molecule has 2 heterocycles. The van der Waals surface area contributed by atoms with Crippen molar-refractivity contribution < 1.29 is 14.3 Å². The number of rotatable bonds is 2. The Morgan fingerprint density at radius 3 is 2.26 bits per heavy atom. The highest BCUT2D eigenvalue weighted by Gasteiger charge is 2.47. The Labute approximate surface area is 113 Å². The molecule has 0 saturated carbocycles. The summed E-state index contributed by atoms with van der Waals surface area (Å²) in [4.78, 5) is 26.9. The van der Waals surface area contributed by atoms with Crippen molar-refractivity contribution in [1.82, 2.24) is 15.1 Å². The van der Waals surface area contributed by atoms with Crippen LogP contribution in [0.25, 0.3) is 0 Å². The Kier molecular flexibility index (Phi) is 3.68. The molecule has 6 heteroatoms. The van der Waals surface area contributed by atoms with Gasteiger partial charge in [-0.2, -0.15) is 0 Å². The van der Waals surface area contributed by atoms with E-state index < -0.39 is 0 Å². The largest absolute Gasteiger partial charge is 0.492 e. The number of hydrogen-bond acceptors (Lipinski definition) is 3. The minimum atomic E-state index is -0.123. The van der Waals surface area contributed by atoms with Crippen molar-refractivity contribution in [1.29, 1.82) is 0 Å². The fourth-order valence-corrected chi connectivity index (χ4v) is 2.83. The zero-order chi connectivity index (χ0) is 14.0. The first-order valence-corrected chi connectivity index (χ1v) is 6.50. The molecule has 0 radical (unpaired) electrons. The van der Waals surface area contributed by atoms with Crippen LogP contribution in [0.2, 0.25) is 0 Å². The first-order valence-electron chi connectivity index (χ1n) is 6.50. The third-order valence-corrected chi connectivity index (χ3v) is 4.15. The van der Waals surface area contributed by atoms with Gasteiger partial charge in [0.25, 0.3) is 5.91 Å². The van der Waals surface area contributed by atoms with E-state index in [9.17, 15) is 9.59 Å². The van der Waals surface area contributed by atoms with Gasteiger partial charge in [-0.1, -0.05) is 6.58 Å². The van der Waals surface area contributed by atoms with Crippen molar-refractivity contribution in [2.24, 2.45) is 5.41 Å². The molecule has 0 unspecified atom stereocenters. The molecule has 0 aromatic carbocycles. The lowest BCUT2D eigenvalue weighted by molar-refractivity contribution is -0.145. The highest BCUT2D eigenvalue weighted by molar-refractivity contribution is 5.91. The quantitative estimate of drug-likeness (QED) is 0.582. The Balaban J connectivity index is 1.82. The predicted octanol–water partition coefficient (Wildman–Crippen LogP) is 0.410. The van der Waals surface area contributed by atoms with Crippen LogP contribution in [0.1, 0.15) is 12.8 Å². The van der Waals surface area contributed by atoms with Crippen LogP contribution in [0.5, 0.6) is 0 Å². The second-order valence-corrected chi connectivity index (χ2v) is 5.33. The lowest BCUT2D eigenvalue weighted by Crippen LogP contribution is -2.62. The van der Waals surface area contributed by atoms with Crippen LogP contribution in [0.3, 0.4) is 0 Å². The number of nitrogens with zero attached hydrogens (tertiary/aromatic N) is 2. The van der Waals surface area contributed by atoms with E-state index in [-0.39, 0.29) is 23.1 Å². The van der Waals surface area contributed by atoms with Crippen LogP contribution < -0.4 is 5.32 Å². The number of amides is 3. The number of ether oxygens (including phenoxy) is 1. The third kappa shape index (κ3) is 2.52. The van der Waals surface area contributed by atoms with Gasteiger partial charge >= 0.3 is 6.03 Å². The summed E-state index contributed by atoms with van der Waals surface area (Å²) in [6, 6.07) is -0.0186. The Hall–Kier alpha value is -1.72. The molecule has 2 aliphatic rings. The van der Waals surface area contributed by atoms with Crippen LogP contribution >= 0.6 is 0 Å². The van der Waals surface area contributed by atoms with Crippen LogP contribution in [0.15, 0.2) is 12.3 Å². The number of methoxy groups -OCH3 is 1. The minimum Gasteiger partial charge on any atom is -0.492 e. The first kappa shape index (κ1) is 13.7. The number of urea groups is 1. The van der Waals surface area contributed by atoms with E-state index in [0.717, 1.165) is 39.0 Å². The van der Waals surface area contributed by atoms with Crippen molar-refractivity contribution >= 4 is 11.9 Å². The number of likely N-dealkylation sites (tertiary alicyclic amines) is 2. The molecule has 6 nitrogen and oxygen atoms in total. The highest BCUT2D eigenvalue weighted by Crippen LogP contribution is 2.40. The van der Waals surface area contributed by atoms with Crippen LogP contribution in [0.4, 0.5) is 4.79 Å². The molecule has 1 N–H and O–H groups in total. The van der Waals surface area contributed by atoms with Crippen LogP contribution in [0, 0.1) is 5.41 Å². The van der Waals surface area contributed by atoms with Crippen molar-refractivity contribution in [3.8, 4) is 0 Å². The Bertz CT molecular complexity index is 392. The summed E-state index contributed by atoms with van der Waals surface area (Å²) in [7, 11) is 3.10. The zero-order valence-corrected chi connectivity index (χ0v) is 11.6. The molecule has 0 atom stereocenters. The molecule has 0 aromatic heterocycles. The van der Waals surface area contributed by atoms with E-state index >= 15 is 0 Å². The van der Waals surface area contributed by atoms with E-state index in [1.54, 1.807) is 11.9 Å². The molecule has 0 aliphatic carbocycles. The summed E-state index contributed by atoms with van der Waals surface area (Å²) in [5.74, 6) is 0.0690. The molecule has 3 amide bonds. The zero-order valence-electron chi connectivity index (χ0n) is 11.6. The minimum absolute atomic E-state index is 0.0186. The summed E-state index contributed by atoms with van der Waals surface area (Å²) in [6.45, 7) is 6.59. The second kappa shape index (κ2) is 5.11. The van der Waals surface area contributed by atoms with Crippen molar-refractivity contribution in [2.75, 3.05) is 40.3 Å². The van der Waals surface area contributed by atoms with Gasteiger partial charge in [-0.25, -0.2) is 4.79 Å². The lowest BCUT2D eigenvalue weighted by atomic mass is 9.72. The molecule has 2 saturated heterocycles. The second-order valence-electron chi connectivity index (χ2n) is 5.33. The number of nitrogens with one attached hydrogen (secondary N) is 1. The fraction of sp³-hybridized carbons (Fsp3) is 0.692. The van der Waals surface area contributed by atoms with E-state index in [4.69, 9.17) is 4.74 Å². The SMILES string of the molecule is C=C(OC)C(=O)N1CC2(CCN(C(=O)NC)CC2)C1. The molecule has 19 heavy (non-hydrogen) atoms. The predicted molar refractivity (Wildman–Crippen MR) is 70.4 cm³/mol. The normalized spacial score (nSPS) is 20.7. The molecule has 2 fully saturated rings. The van der Waals surface area contributed by atoms with E-state index in [0.29, 0.717) is 0 Å². The summed E-state index contributed by atoms with van der Waals surface area (Å²) in [5, 5.41) is 2.64. The molecule has 2 rings (SSSR count). The van der Waals surface area contributed by atoms with Crippen LogP contribution in [-0.2, 0) is 9.53 Å². The van der Waals surface area contributed by atoms with Gasteiger partial charge < -0.3 is 19.9 Å². The smallest absolute Gasteiger partial charge is 0.317 e. The maximum atomic E-state index is 11.8. The number of hydrogen-bond donors (Lipinski definition) is 1. The van der Waals surface area contributed by atoms with Crippen molar-refractivity contribution in [3.05, 3.63) is 12.3 Å². The van der Waals surface area contributed by atoms with Crippen LogP contribution in [-0.4, -0.2) is 62.1 Å². The molecule has 2 aliphatic heterocycles. The van der Waals surface area contributed by atoms with Gasteiger partial charge in [0.1, 0.15) is 0 Å².